The van der Waals surface area contributed by atoms with Crippen LogP contribution in [0.5, 0.6) is 5.75 Å². The van der Waals surface area contributed by atoms with E-state index in [0.717, 1.165) is 5.56 Å². The van der Waals surface area contributed by atoms with Gasteiger partial charge >= 0.3 is 12.6 Å². The Bertz CT molecular complexity index is 549. The molecule has 1 N–H and O–H groups in total. The van der Waals surface area contributed by atoms with Crippen LogP contribution < -0.4 is 4.74 Å². The van der Waals surface area contributed by atoms with Crippen molar-refractivity contribution < 1.29 is 33.0 Å². The molecule has 1 aromatic rings. The van der Waals surface area contributed by atoms with E-state index in [1.54, 1.807) is 12.1 Å². The minimum Gasteiger partial charge on any atom is -0.480 e. The quantitative estimate of drug-likeness (QED) is 0.857. The highest BCUT2D eigenvalue weighted by atomic mass is 19.3. The summed E-state index contributed by atoms with van der Waals surface area (Å²) >= 11 is 0. The van der Waals surface area contributed by atoms with Crippen LogP contribution in [0.2, 0.25) is 0 Å². The molecule has 1 amide bonds. The van der Waals surface area contributed by atoms with Crippen molar-refractivity contribution in [2.24, 2.45) is 0 Å². The number of nitrogens with zero attached hydrogens (tertiary/aromatic N) is 1. The zero-order valence-corrected chi connectivity index (χ0v) is 12.3. The topological polar surface area (TPSA) is 76.1 Å². The predicted molar refractivity (Wildman–Crippen MR) is 75.4 cm³/mol. The van der Waals surface area contributed by atoms with Gasteiger partial charge in [0, 0.05) is 13.0 Å². The van der Waals surface area contributed by atoms with Crippen LogP contribution in [-0.2, 0) is 20.7 Å². The number of benzene rings is 1. The Labute approximate surface area is 131 Å². The minimum absolute atomic E-state index is 0.0132. The maximum Gasteiger partial charge on any atom is 0.387 e. The van der Waals surface area contributed by atoms with E-state index < -0.39 is 18.6 Å². The van der Waals surface area contributed by atoms with Gasteiger partial charge in [-0.05, 0) is 24.1 Å². The Morgan fingerprint density at radius 3 is 2.65 bits per heavy atom. The molecule has 1 aromatic carbocycles. The summed E-state index contributed by atoms with van der Waals surface area (Å²) in [6.45, 7) is -2.33. The largest absolute Gasteiger partial charge is 0.480 e. The smallest absolute Gasteiger partial charge is 0.387 e. The Hall–Kier alpha value is -2.22. The second-order valence-electron chi connectivity index (χ2n) is 5.04. The van der Waals surface area contributed by atoms with Crippen LogP contribution in [0.25, 0.3) is 0 Å². The van der Waals surface area contributed by atoms with Crippen LogP contribution in [0.1, 0.15) is 12.0 Å². The molecular formula is C15H17F2NO5. The number of rotatable bonds is 6. The zero-order valence-electron chi connectivity index (χ0n) is 12.3. The second kappa shape index (κ2) is 7.87. The Morgan fingerprint density at radius 1 is 1.35 bits per heavy atom. The molecule has 23 heavy (non-hydrogen) atoms. The van der Waals surface area contributed by atoms with Gasteiger partial charge in [0.05, 0.1) is 13.2 Å². The molecule has 1 aliphatic rings. The number of carboxylic acids is 1. The third kappa shape index (κ3) is 4.88. The van der Waals surface area contributed by atoms with E-state index in [2.05, 4.69) is 4.74 Å². The Morgan fingerprint density at radius 2 is 2.04 bits per heavy atom. The Kier molecular flexibility index (Phi) is 5.86. The molecule has 0 bridgehead atoms. The maximum atomic E-state index is 12.2. The van der Waals surface area contributed by atoms with E-state index in [-0.39, 0.29) is 31.2 Å². The number of aryl methyl sites for hydroxylation is 1. The van der Waals surface area contributed by atoms with Crippen molar-refractivity contribution in [2.75, 3.05) is 19.8 Å². The number of amides is 1. The summed E-state index contributed by atoms with van der Waals surface area (Å²) < 4.78 is 33.4. The molecule has 0 radical (unpaired) electrons. The third-order valence-corrected chi connectivity index (χ3v) is 3.51. The lowest BCUT2D eigenvalue weighted by Crippen LogP contribution is -2.52. The molecular weight excluding hydrogens is 312 g/mol. The van der Waals surface area contributed by atoms with Crippen molar-refractivity contribution in [2.45, 2.75) is 25.5 Å². The molecule has 2 rings (SSSR count). The highest BCUT2D eigenvalue weighted by Crippen LogP contribution is 2.17. The van der Waals surface area contributed by atoms with Crippen LogP contribution in [0, 0.1) is 0 Å². The van der Waals surface area contributed by atoms with E-state index in [4.69, 9.17) is 9.84 Å². The number of aliphatic carboxylic acids is 1. The standard InChI is InChI=1S/C15H17F2NO5/c16-15(17)23-11-4-1-10(2-5-11)3-6-13(19)18-7-8-22-9-12(18)14(20)21/h1-2,4-5,12,15H,3,6-9H2,(H,20,21). The minimum atomic E-state index is -2.88. The van der Waals surface area contributed by atoms with Crippen LogP contribution in [0.4, 0.5) is 8.78 Å². The summed E-state index contributed by atoms with van der Waals surface area (Å²) in [5.41, 5.74) is 0.778. The summed E-state index contributed by atoms with van der Waals surface area (Å²) in [5.74, 6) is -1.31. The van der Waals surface area contributed by atoms with Crippen LogP contribution >= 0.6 is 0 Å². The molecule has 1 aliphatic heterocycles. The number of alkyl halides is 2. The summed E-state index contributed by atoms with van der Waals surface area (Å²) in [6, 6.07) is 5.04. The highest BCUT2D eigenvalue weighted by Gasteiger charge is 2.32. The lowest BCUT2D eigenvalue weighted by atomic mass is 10.1. The van der Waals surface area contributed by atoms with Gasteiger partial charge in [-0.15, -0.1) is 0 Å². The van der Waals surface area contributed by atoms with Crippen molar-refractivity contribution >= 4 is 11.9 Å². The number of ether oxygens (including phenoxy) is 2. The van der Waals surface area contributed by atoms with E-state index in [0.29, 0.717) is 13.0 Å². The fourth-order valence-electron chi connectivity index (χ4n) is 2.34. The number of carboxylic acid groups (broad SMARTS) is 1. The van der Waals surface area contributed by atoms with Crippen molar-refractivity contribution in [3.8, 4) is 5.75 Å². The SMILES string of the molecule is O=C(O)C1COCCN1C(=O)CCc1ccc(OC(F)F)cc1. The van der Waals surface area contributed by atoms with E-state index in [1.807, 2.05) is 0 Å². The summed E-state index contributed by atoms with van der Waals surface area (Å²) in [7, 11) is 0. The first-order valence-electron chi connectivity index (χ1n) is 7.11. The van der Waals surface area contributed by atoms with Crippen molar-refractivity contribution in [3.63, 3.8) is 0 Å². The van der Waals surface area contributed by atoms with E-state index in [1.165, 1.54) is 17.0 Å². The molecule has 1 unspecified atom stereocenters. The van der Waals surface area contributed by atoms with Gasteiger partial charge in [0.15, 0.2) is 6.04 Å². The summed E-state index contributed by atoms with van der Waals surface area (Å²) in [6.07, 6.45) is 0.524. The van der Waals surface area contributed by atoms with Crippen LogP contribution in [0.15, 0.2) is 24.3 Å². The van der Waals surface area contributed by atoms with Gasteiger partial charge in [0.25, 0.3) is 0 Å². The number of halogens is 2. The second-order valence-corrected chi connectivity index (χ2v) is 5.04. The average Bonchev–Trinajstić information content (AvgIpc) is 2.53. The fourth-order valence-corrected chi connectivity index (χ4v) is 2.34. The molecule has 1 heterocycles. The third-order valence-electron chi connectivity index (χ3n) is 3.51. The zero-order chi connectivity index (χ0) is 16.8. The van der Waals surface area contributed by atoms with Crippen LogP contribution in [-0.4, -0.2) is 54.3 Å². The molecule has 6 nitrogen and oxygen atoms in total. The Balaban J connectivity index is 1.89. The molecule has 0 saturated carbocycles. The molecule has 1 saturated heterocycles. The first-order chi connectivity index (χ1) is 11.0. The first-order valence-corrected chi connectivity index (χ1v) is 7.11. The van der Waals surface area contributed by atoms with E-state index in [9.17, 15) is 18.4 Å². The van der Waals surface area contributed by atoms with Crippen molar-refractivity contribution in [3.05, 3.63) is 29.8 Å². The molecule has 1 atom stereocenters. The molecule has 1 fully saturated rings. The number of hydrogen-bond donors (Lipinski definition) is 1. The summed E-state index contributed by atoms with van der Waals surface area (Å²) in [5, 5.41) is 9.10. The van der Waals surface area contributed by atoms with Crippen LogP contribution in [0.3, 0.4) is 0 Å². The first kappa shape index (κ1) is 17.1. The van der Waals surface area contributed by atoms with Gasteiger partial charge in [-0.2, -0.15) is 8.78 Å². The van der Waals surface area contributed by atoms with Gasteiger partial charge in [-0.3, -0.25) is 4.79 Å². The van der Waals surface area contributed by atoms with Gasteiger partial charge in [-0.25, -0.2) is 4.79 Å². The number of hydrogen-bond acceptors (Lipinski definition) is 4. The fraction of sp³-hybridized carbons (Fsp3) is 0.467. The normalized spacial score (nSPS) is 18.0. The van der Waals surface area contributed by atoms with Gasteiger partial charge in [0.2, 0.25) is 5.91 Å². The summed E-state index contributed by atoms with van der Waals surface area (Å²) in [4.78, 5) is 24.6. The van der Waals surface area contributed by atoms with Gasteiger partial charge < -0.3 is 19.5 Å². The monoisotopic (exact) mass is 329 g/mol. The highest BCUT2D eigenvalue weighted by molar-refractivity contribution is 5.84. The molecule has 0 spiro atoms. The van der Waals surface area contributed by atoms with Gasteiger partial charge in [-0.1, -0.05) is 12.1 Å². The molecule has 8 heteroatoms. The number of morpholine rings is 1. The number of carbonyl (C=O) groups is 2. The van der Waals surface area contributed by atoms with Gasteiger partial charge in [0.1, 0.15) is 5.75 Å². The van der Waals surface area contributed by atoms with Crippen molar-refractivity contribution in [1.29, 1.82) is 0 Å². The average molecular weight is 329 g/mol. The maximum absolute atomic E-state index is 12.2. The molecule has 126 valence electrons. The molecule has 0 aromatic heterocycles. The molecule has 0 aliphatic carbocycles. The van der Waals surface area contributed by atoms with E-state index >= 15 is 0 Å². The predicted octanol–water partition coefficient (Wildman–Crippen LogP) is 1.53. The van der Waals surface area contributed by atoms with Crippen molar-refractivity contribution in [1.82, 2.24) is 4.90 Å². The number of carbonyl (C=O) groups excluding carboxylic acids is 1. The lowest BCUT2D eigenvalue weighted by Gasteiger charge is -2.32. The lowest BCUT2D eigenvalue weighted by molar-refractivity contribution is -0.158.